The van der Waals surface area contributed by atoms with Gasteiger partial charge in [-0.3, -0.25) is 4.99 Å². The molecule has 2 aliphatic rings. The third kappa shape index (κ3) is 3.89. The molecular formula is C18H26BrN3O. The van der Waals surface area contributed by atoms with Gasteiger partial charge < -0.3 is 15.4 Å². The molecule has 0 amide bonds. The van der Waals surface area contributed by atoms with Crippen molar-refractivity contribution in [3.63, 3.8) is 0 Å². The van der Waals surface area contributed by atoms with Crippen LogP contribution in [0, 0.1) is 5.41 Å². The summed E-state index contributed by atoms with van der Waals surface area (Å²) in [6.45, 7) is 8.58. The molecule has 1 aliphatic heterocycles. The van der Waals surface area contributed by atoms with Crippen molar-refractivity contribution in [3.8, 4) is 0 Å². The first kappa shape index (κ1) is 16.8. The molecule has 1 saturated carbocycles. The minimum absolute atomic E-state index is 0.210. The Bertz CT molecular complexity index is 579. The summed E-state index contributed by atoms with van der Waals surface area (Å²) in [6, 6.07) is 8.56. The van der Waals surface area contributed by atoms with Crippen LogP contribution in [0.4, 0.5) is 0 Å². The standard InChI is InChI=1S/C18H26BrN3O/c1-3-20-16(21-10-17(2)12-23-13-17)22-11-18(8-9-18)14-6-4-5-7-15(14)19/h4-7H,3,8-13H2,1-2H3,(H2,20,21,22). The number of hydrogen-bond acceptors (Lipinski definition) is 2. The van der Waals surface area contributed by atoms with E-state index in [0.29, 0.717) is 0 Å². The second-order valence-electron chi connectivity index (χ2n) is 7.11. The Hall–Kier alpha value is -1.07. The van der Waals surface area contributed by atoms with E-state index in [-0.39, 0.29) is 10.8 Å². The van der Waals surface area contributed by atoms with Gasteiger partial charge >= 0.3 is 0 Å². The van der Waals surface area contributed by atoms with E-state index in [9.17, 15) is 0 Å². The summed E-state index contributed by atoms with van der Waals surface area (Å²) in [5.41, 5.74) is 1.87. The Morgan fingerprint density at radius 3 is 2.57 bits per heavy atom. The van der Waals surface area contributed by atoms with E-state index in [0.717, 1.165) is 38.8 Å². The molecule has 126 valence electrons. The van der Waals surface area contributed by atoms with Crippen molar-refractivity contribution >= 4 is 21.9 Å². The summed E-state index contributed by atoms with van der Waals surface area (Å²) >= 11 is 3.70. The van der Waals surface area contributed by atoms with Crippen molar-refractivity contribution in [2.45, 2.75) is 32.1 Å². The minimum Gasteiger partial charge on any atom is -0.380 e. The fourth-order valence-electron chi connectivity index (χ4n) is 2.99. The maximum Gasteiger partial charge on any atom is 0.191 e. The van der Waals surface area contributed by atoms with Crippen LogP contribution in [-0.4, -0.2) is 38.8 Å². The maximum atomic E-state index is 5.31. The number of rotatable bonds is 6. The normalized spacial score (nSPS) is 21.4. The molecule has 4 nitrogen and oxygen atoms in total. The lowest BCUT2D eigenvalue weighted by atomic mass is 9.89. The first-order valence-electron chi connectivity index (χ1n) is 8.42. The highest BCUT2D eigenvalue weighted by Crippen LogP contribution is 2.49. The lowest BCUT2D eigenvalue weighted by Crippen LogP contribution is -2.45. The van der Waals surface area contributed by atoms with Gasteiger partial charge in [-0.05, 0) is 31.4 Å². The maximum absolute atomic E-state index is 5.31. The number of hydrogen-bond donors (Lipinski definition) is 2. The molecule has 1 aromatic carbocycles. The van der Waals surface area contributed by atoms with Crippen LogP contribution in [0.1, 0.15) is 32.3 Å². The van der Waals surface area contributed by atoms with Crippen LogP contribution in [0.3, 0.4) is 0 Å². The van der Waals surface area contributed by atoms with Gasteiger partial charge in [-0.25, -0.2) is 0 Å². The fourth-order valence-corrected chi connectivity index (χ4v) is 3.70. The summed E-state index contributed by atoms with van der Waals surface area (Å²) in [5, 5.41) is 6.90. The van der Waals surface area contributed by atoms with Gasteiger partial charge in [-0.1, -0.05) is 41.1 Å². The van der Waals surface area contributed by atoms with Gasteiger partial charge in [-0.2, -0.15) is 0 Å². The van der Waals surface area contributed by atoms with E-state index in [1.807, 2.05) is 0 Å². The Morgan fingerprint density at radius 2 is 2.00 bits per heavy atom. The highest BCUT2D eigenvalue weighted by Gasteiger charge is 2.45. The molecule has 0 radical (unpaired) electrons. The number of ether oxygens (including phenoxy) is 1. The molecule has 0 bridgehead atoms. The number of aliphatic imine (C=N–C) groups is 1. The highest BCUT2D eigenvalue weighted by atomic mass is 79.9. The molecule has 2 fully saturated rings. The molecule has 0 unspecified atom stereocenters. The second kappa shape index (κ2) is 6.81. The van der Waals surface area contributed by atoms with Crippen molar-refractivity contribution in [2.24, 2.45) is 10.4 Å². The molecule has 1 aromatic rings. The lowest BCUT2D eigenvalue weighted by molar-refractivity contribution is -0.0945. The smallest absolute Gasteiger partial charge is 0.191 e. The van der Waals surface area contributed by atoms with Gasteiger partial charge in [-0.15, -0.1) is 0 Å². The molecule has 0 atom stereocenters. The van der Waals surface area contributed by atoms with Gasteiger partial charge in [0.25, 0.3) is 0 Å². The monoisotopic (exact) mass is 379 g/mol. The zero-order chi connectivity index (χ0) is 16.3. The molecule has 1 aliphatic carbocycles. The largest absolute Gasteiger partial charge is 0.380 e. The number of nitrogens with one attached hydrogen (secondary N) is 2. The Kier molecular flexibility index (Phi) is 4.97. The van der Waals surface area contributed by atoms with E-state index in [1.165, 1.54) is 22.9 Å². The van der Waals surface area contributed by atoms with Crippen molar-refractivity contribution in [1.82, 2.24) is 10.6 Å². The Balaban J connectivity index is 1.62. The van der Waals surface area contributed by atoms with Gasteiger partial charge in [0, 0.05) is 28.4 Å². The van der Waals surface area contributed by atoms with Crippen molar-refractivity contribution < 1.29 is 4.74 Å². The van der Waals surface area contributed by atoms with Gasteiger partial charge in [0.15, 0.2) is 5.96 Å². The van der Waals surface area contributed by atoms with Crippen LogP contribution < -0.4 is 10.6 Å². The van der Waals surface area contributed by atoms with Crippen LogP contribution in [0.25, 0.3) is 0 Å². The third-order valence-corrected chi connectivity index (χ3v) is 5.45. The fraction of sp³-hybridized carbons (Fsp3) is 0.611. The number of halogens is 1. The molecule has 1 heterocycles. The number of nitrogens with zero attached hydrogens (tertiary/aromatic N) is 1. The summed E-state index contributed by atoms with van der Waals surface area (Å²) in [5.74, 6) is 0.916. The zero-order valence-corrected chi connectivity index (χ0v) is 15.6. The molecule has 1 saturated heterocycles. The van der Waals surface area contributed by atoms with Gasteiger partial charge in [0.2, 0.25) is 0 Å². The Morgan fingerprint density at radius 1 is 1.26 bits per heavy atom. The number of guanidine groups is 1. The summed E-state index contributed by atoms with van der Waals surface area (Å²) in [4.78, 5) is 4.76. The predicted molar refractivity (Wildman–Crippen MR) is 98.0 cm³/mol. The third-order valence-electron chi connectivity index (χ3n) is 4.76. The van der Waals surface area contributed by atoms with E-state index in [1.54, 1.807) is 0 Å². The predicted octanol–water partition coefficient (Wildman–Crippen LogP) is 3.07. The second-order valence-corrected chi connectivity index (χ2v) is 7.97. The van der Waals surface area contributed by atoms with Crippen LogP contribution in [0.2, 0.25) is 0 Å². The first-order valence-corrected chi connectivity index (χ1v) is 9.21. The molecular weight excluding hydrogens is 354 g/mol. The van der Waals surface area contributed by atoms with Gasteiger partial charge in [0.1, 0.15) is 0 Å². The quantitative estimate of drug-likeness (QED) is 0.589. The molecule has 23 heavy (non-hydrogen) atoms. The average Bonchev–Trinajstić information content (AvgIpc) is 3.29. The molecule has 3 rings (SSSR count). The van der Waals surface area contributed by atoms with Crippen LogP contribution >= 0.6 is 15.9 Å². The average molecular weight is 380 g/mol. The van der Waals surface area contributed by atoms with E-state index in [2.05, 4.69) is 64.7 Å². The van der Waals surface area contributed by atoms with Crippen LogP contribution in [0.5, 0.6) is 0 Å². The molecule has 5 heteroatoms. The van der Waals surface area contributed by atoms with Gasteiger partial charge in [0.05, 0.1) is 19.8 Å². The SMILES string of the molecule is CCNC(=NCC1(C)COC1)NCC1(c2ccccc2Br)CC1. The van der Waals surface area contributed by atoms with Crippen LogP contribution in [-0.2, 0) is 10.2 Å². The molecule has 0 spiro atoms. The zero-order valence-electron chi connectivity index (χ0n) is 14.0. The van der Waals surface area contributed by atoms with Crippen molar-refractivity contribution in [1.29, 1.82) is 0 Å². The summed E-state index contributed by atoms with van der Waals surface area (Å²) in [7, 11) is 0. The molecule has 0 aromatic heterocycles. The minimum atomic E-state index is 0.210. The van der Waals surface area contributed by atoms with E-state index >= 15 is 0 Å². The lowest BCUT2D eigenvalue weighted by Gasteiger charge is -2.36. The summed E-state index contributed by atoms with van der Waals surface area (Å²) < 4.78 is 6.52. The van der Waals surface area contributed by atoms with Crippen LogP contribution in [0.15, 0.2) is 33.7 Å². The molecule has 2 N–H and O–H groups in total. The first-order chi connectivity index (χ1) is 11.1. The van der Waals surface area contributed by atoms with Crippen molar-refractivity contribution in [3.05, 3.63) is 34.3 Å². The topological polar surface area (TPSA) is 45.7 Å². The number of benzene rings is 1. The highest BCUT2D eigenvalue weighted by molar-refractivity contribution is 9.10. The van der Waals surface area contributed by atoms with E-state index in [4.69, 9.17) is 9.73 Å². The summed E-state index contributed by atoms with van der Waals surface area (Å²) in [6.07, 6.45) is 2.46. The van der Waals surface area contributed by atoms with Crippen molar-refractivity contribution in [2.75, 3.05) is 32.8 Å². The Labute approximate surface area is 147 Å². The van der Waals surface area contributed by atoms with E-state index < -0.39 is 0 Å².